The minimum atomic E-state index is 0.664. The summed E-state index contributed by atoms with van der Waals surface area (Å²) < 4.78 is 14.1. The van der Waals surface area contributed by atoms with E-state index in [-0.39, 0.29) is 0 Å². The summed E-state index contributed by atoms with van der Waals surface area (Å²) >= 11 is 3.72. The van der Waals surface area contributed by atoms with Crippen LogP contribution in [0.4, 0.5) is 0 Å². The number of nitrogens with zero attached hydrogens (tertiary/aromatic N) is 3. The molecule has 11 aromatic carbocycles. The summed E-state index contributed by atoms with van der Waals surface area (Å²) in [5.41, 5.74) is 10.4. The van der Waals surface area contributed by atoms with Gasteiger partial charge in [0.25, 0.3) is 0 Å². The number of benzene rings is 11. The van der Waals surface area contributed by atoms with Gasteiger partial charge in [-0.25, -0.2) is 9.98 Å². The lowest BCUT2D eigenvalue weighted by Gasteiger charge is -2.19. The highest BCUT2D eigenvalue weighted by atomic mass is 32.1. The number of rotatable bonds is 4. The Morgan fingerprint density at radius 3 is 1.93 bits per heavy atom. The van der Waals surface area contributed by atoms with E-state index < -0.39 is 0 Å². The normalized spacial score (nSPS) is 15.9. The van der Waals surface area contributed by atoms with Crippen molar-refractivity contribution in [1.82, 2.24) is 4.57 Å². The molecule has 5 heterocycles. The first-order chi connectivity index (χ1) is 35.7. The predicted octanol–water partition coefficient (Wildman–Crippen LogP) is 18.9. The molecule has 0 saturated heterocycles. The van der Waals surface area contributed by atoms with Crippen LogP contribution >= 0.6 is 22.7 Å². The second-order valence-electron chi connectivity index (χ2n) is 19.0. The summed E-state index contributed by atoms with van der Waals surface area (Å²) in [5, 5.41) is 17.0. The van der Waals surface area contributed by atoms with Gasteiger partial charge >= 0.3 is 0 Å². The van der Waals surface area contributed by atoms with E-state index in [0.717, 1.165) is 68.3 Å². The first-order valence-electron chi connectivity index (χ1n) is 24.6. The fourth-order valence-corrected chi connectivity index (χ4v) is 14.2. The van der Waals surface area contributed by atoms with Gasteiger partial charge in [-0.05, 0) is 99.9 Å². The van der Waals surface area contributed by atoms with Crippen LogP contribution < -0.4 is 0 Å². The third-order valence-electron chi connectivity index (χ3n) is 15.0. The maximum atomic E-state index is 6.53. The third kappa shape index (κ3) is 5.91. The van der Waals surface area contributed by atoms with E-state index >= 15 is 0 Å². The van der Waals surface area contributed by atoms with E-state index in [0.29, 0.717) is 5.84 Å². The first kappa shape index (κ1) is 40.1. The number of thiophene rings is 2. The van der Waals surface area contributed by atoms with Crippen molar-refractivity contribution < 1.29 is 4.42 Å². The van der Waals surface area contributed by atoms with Crippen molar-refractivity contribution in [3.63, 3.8) is 0 Å². The Bertz CT molecular complexity index is 4940. The summed E-state index contributed by atoms with van der Waals surface area (Å²) in [6.07, 6.45) is 3.89. The molecule has 72 heavy (non-hydrogen) atoms. The fourth-order valence-electron chi connectivity index (χ4n) is 11.8. The number of hydrogen-bond acceptors (Lipinski definition) is 5. The zero-order valence-electron chi connectivity index (χ0n) is 38.7. The van der Waals surface area contributed by atoms with Gasteiger partial charge in [0, 0.05) is 73.7 Å². The van der Waals surface area contributed by atoms with Crippen LogP contribution in [0.5, 0.6) is 0 Å². The molecule has 0 bridgehead atoms. The minimum absolute atomic E-state index is 0.664. The second-order valence-corrected chi connectivity index (χ2v) is 21.2. The van der Waals surface area contributed by atoms with E-state index in [1.807, 2.05) is 34.8 Å². The Morgan fingerprint density at radius 1 is 0.417 bits per heavy atom. The number of amidine groups is 1. The molecular formula is C66H39N3OS2. The Hall–Kier alpha value is -8.68. The fraction of sp³-hybridized carbons (Fsp3) is 0.0303. The van der Waals surface area contributed by atoms with Gasteiger partial charge in [0.1, 0.15) is 11.2 Å². The van der Waals surface area contributed by atoms with Crippen LogP contribution in [0.25, 0.3) is 128 Å². The van der Waals surface area contributed by atoms with Crippen LogP contribution in [0, 0.1) is 0 Å². The van der Waals surface area contributed by atoms with Crippen molar-refractivity contribution in [2.24, 2.45) is 9.98 Å². The highest BCUT2D eigenvalue weighted by Crippen LogP contribution is 2.50. The van der Waals surface area contributed by atoms with Crippen molar-refractivity contribution in [3.05, 3.63) is 229 Å². The van der Waals surface area contributed by atoms with Crippen molar-refractivity contribution in [2.75, 3.05) is 0 Å². The Balaban J connectivity index is 0.984. The quantitative estimate of drug-likeness (QED) is 0.173. The number of hydrogen-bond donors (Lipinski definition) is 0. The summed E-state index contributed by atoms with van der Waals surface area (Å²) in [5.74, 6) is 0.664. The van der Waals surface area contributed by atoms with Crippen LogP contribution in [-0.4, -0.2) is 16.1 Å². The highest BCUT2D eigenvalue weighted by molar-refractivity contribution is 7.26. The molecule has 1 aliphatic rings. The third-order valence-corrected chi connectivity index (χ3v) is 17.4. The summed E-state index contributed by atoms with van der Waals surface area (Å²) in [4.78, 5) is 11.5. The smallest absolute Gasteiger partial charge is 0.160 e. The number of aliphatic imine (C=N–C) groups is 2. The highest BCUT2D eigenvalue weighted by Gasteiger charge is 2.26. The second kappa shape index (κ2) is 15.4. The van der Waals surface area contributed by atoms with Crippen LogP contribution in [0.15, 0.2) is 227 Å². The van der Waals surface area contributed by atoms with Crippen LogP contribution in [-0.2, 0) is 0 Å². The number of allylic oxidation sites excluding steroid dienone is 1. The maximum absolute atomic E-state index is 6.53. The van der Waals surface area contributed by atoms with Crippen LogP contribution in [0.2, 0.25) is 0 Å². The molecule has 6 heteroatoms. The minimum Gasteiger partial charge on any atom is -0.456 e. The zero-order chi connectivity index (χ0) is 47.0. The summed E-state index contributed by atoms with van der Waals surface area (Å²) in [6, 6.07) is 75.3. The Labute approximate surface area is 420 Å². The Morgan fingerprint density at radius 2 is 1.07 bits per heavy atom. The molecule has 0 saturated carbocycles. The van der Waals surface area contributed by atoms with E-state index in [2.05, 4.69) is 205 Å². The summed E-state index contributed by atoms with van der Waals surface area (Å²) in [6.45, 7) is 0. The lowest BCUT2D eigenvalue weighted by Crippen LogP contribution is -2.09. The molecule has 16 rings (SSSR count). The van der Waals surface area contributed by atoms with Gasteiger partial charge in [0.2, 0.25) is 0 Å². The molecule has 4 aromatic heterocycles. The molecule has 0 atom stereocenters. The molecular weight excluding hydrogens is 915 g/mol. The Kier molecular flexibility index (Phi) is 8.58. The molecule has 0 aliphatic carbocycles. The molecule has 0 unspecified atom stereocenters. The standard InChI is InChI=1S/C66H39N3OS2/c1-2-16-40-35-55-51(34-39(40)15-1)61-43-17-4-3-14-38(43)30-33-54(61)69(55)64-49-21-6-5-20-48(49)62(63-50-22-9-12-27-59(50)72-65(63)64)53-24-13-23-52(41-28-32-47-46-19-8-11-26-58(46)71-60(47)37-41)67-66(68-53)42-29-31-45-44-18-7-10-25-56(44)70-57(45)36-42/h1-12,14-22,24-37H,13,23H2/b53-24-,67-52+,68-66-. The lowest BCUT2D eigenvalue weighted by atomic mass is 9.93. The van der Waals surface area contributed by atoms with Crippen LogP contribution in [0.3, 0.4) is 0 Å². The van der Waals surface area contributed by atoms with Crippen molar-refractivity contribution in [2.45, 2.75) is 12.8 Å². The molecule has 0 radical (unpaired) electrons. The predicted molar refractivity (Wildman–Crippen MR) is 310 cm³/mol. The van der Waals surface area contributed by atoms with Gasteiger partial charge in [-0.3, -0.25) is 0 Å². The SMILES string of the molecule is C1=C(c2c3ccccc3c(-n3c4cc5ccccc5cc4c4c5ccccc5ccc43)c3sc4ccccc4c23)/N=C(c2ccc3c(c2)oc2ccccc23)\N=C(\c2ccc3c(c2)sc2ccccc23)CC\1. The molecule has 4 nitrogen and oxygen atoms in total. The van der Waals surface area contributed by atoms with Crippen molar-refractivity contribution >= 4 is 156 Å². The van der Waals surface area contributed by atoms with Gasteiger partial charge in [0.05, 0.1) is 32.8 Å². The van der Waals surface area contributed by atoms with E-state index in [1.54, 1.807) is 0 Å². The molecule has 336 valence electrons. The van der Waals surface area contributed by atoms with Crippen LogP contribution in [0.1, 0.15) is 29.5 Å². The van der Waals surface area contributed by atoms with Crippen molar-refractivity contribution in [3.8, 4) is 5.69 Å². The van der Waals surface area contributed by atoms with E-state index in [4.69, 9.17) is 14.4 Å². The average molecular weight is 954 g/mol. The lowest BCUT2D eigenvalue weighted by molar-refractivity contribution is 0.669. The van der Waals surface area contributed by atoms with E-state index in [9.17, 15) is 0 Å². The average Bonchev–Trinajstić information content (AvgIpc) is 4.19. The monoisotopic (exact) mass is 953 g/mol. The topological polar surface area (TPSA) is 42.8 Å². The summed E-state index contributed by atoms with van der Waals surface area (Å²) in [7, 11) is 0. The number of para-hydroxylation sites is 1. The van der Waals surface area contributed by atoms with Gasteiger partial charge in [-0.15, -0.1) is 22.7 Å². The molecule has 0 spiro atoms. The van der Waals surface area contributed by atoms with Gasteiger partial charge < -0.3 is 8.98 Å². The molecule has 0 amide bonds. The molecule has 0 fully saturated rings. The van der Waals surface area contributed by atoms with E-state index in [1.165, 1.54) is 94.8 Å². The molecule has 1 aliphatic heterocycles. The zero-order valence-corrected chi connectivity index (χ0v) is 40.3. The largest absolute Gasteiger partial charge is 0.456 e. The number of aromatic nitrogens is 1. The molecule has 0 N–H and O–H groups in total. The molecule has 15 aromatic rings. The van der Waals surface area contributed by atoms with Gasteiger partial charge in [-0.2, -0.15) is 0 Å². The number of furan rings is 1. The van der Waals surface area contributed by atoms with Gasteiger partial charge in [-0.1, -0.05) is 158 Å². The first-order valence-corrected chi connectivity index (χ1v) is 26.2. The van der Waals surface area contributed by atoms with Gasteiger partial charge in [0.15, 0.2) is 5.84 Å². The van der Waals surface area contributed by atoms with Crippen molar-refractivity contribution in [1.29, 1.82) is 0 Å². The maximum Gasteiger partial charge on any atom is 0.160 e. The number of fused-ring (bicyclic) bond motifs is 16.